The maximum Gasteiger partial charge on any atom is 0.223 e. The summed E-state index contributed by atoms with van der Waals surface area (Å²) < 4.78 is 0. The molecule has 3 rings (SSSR count). The van der Waals surface area contributed by atoms with Crippen molar-refractivity contribution < 1.29 is 4.79 Å². The number of carbonyl (C=O) groups excluding carboxylic acids is 1. The van der Waals surface area contributed by atoms with Crippen molar-refractivity contribution in [3.8, 4) is 0 Å². The summed E-state index contributed by atoms with van der Waals surface area (Å²) in [6.45, 7) is 4.13. The Hall–Kier alpha value is -0.570. The fourth-order valence-electron chi connectivity index (χ4n) is 3.89. The van der Waals surface area contributed by atoms with Crippen LogP contribution in [0.3, 0.4) is 0 Å². The Kier molecular flexibility index (Phi) is 2.89. The number of amides is 1. The van der Waals surface area contributed by atoms with E-state index in [4.69, 9.17) is 0 Å². The zero-order valence-corrected chi connectivity index (χ0v) is 10.8. The van der Waals surface area contributed by atoms with E-state index < -0.39 is 0 Å². The van der Waals surface area contributed by atoms with Crippen molar-refractivity contribution in [3.63, 3.8) is 0 Å². The molecule has 96 valence electrons. The van der Waals surface area contributed by atoms with Gasteiger partial charge in [-0.15, -0.1) is 0 Å². The molecule has 0 spiro atoms. The van der Waals surface area contributed by atoms with Gasteiger partial charge in [-0.3, -0.25) is 4.79 Å². The van der Waals surface area contributed by atoms with E-state index in [2.05, 4.69) is 17.6 Å². The van der Waals surface area contributed by atoms with Crippen LogP contribution in [0.5, 0.6) is 0 Å². The van der Waals surface area contributed by atoms with Crippen molar-refractivity contribution in [1.82, 2.24) is 10.6 Å². The molecule has 0 bridgehead atoms. The van der Waals surface area contributed by atoms with Gasteiger partial charge in [0, 0.05) is 18.0 Å². The van der Waals surface area contributed by atoms with Crippen LogP contribution < -0.4 is 10.6 Å². The van der Waals surface area contributed by atoms with Crippen LogP contribution in [0, 0.1) is 17.8 Å². The van der Waals surface area contributed by atoms with Crippen LogP contribution in [0.2, 0.25) is 0 Å². The number of hydrogen-bond acceptors (Lipinski definition) is 2. The average molecular weight is 236 g/mol. The Morgan fingerprint density at radius 2 is 2.00 bits per heavy atom. The number of carbonyl (C=O) groups is 1. The van der Waals surface area contributed by atoms with Gasteiger partial charge in [-0.05, 0) is 51.0 Å². The quantitative estimate of drug-likeness (QED) is 0.783. The fraction of sp³-hybridized carbons (Fsp3) is 0.929. The highest BCUT2D eigenvalue weighted by atomic mass is 16.2. The van der Waals surface area contributed by atoms with Crippen LogP contribution in [-0.4, -0.2) is 24.5 Å². The smallest absolute Gasteiger partial charge is 0.223 e. The molecule has 1 saturated heterocycles. The van der Waals surface area contributed by atoms with E-state index in [1.165, 1.54) is 38.5 Å². The summed E-state index contributed by atoms with van der Waals surface area (Å²) in [4.78, 5) is 12.1. The predicted molar refractivity (Wildman–Crippen MR) is 67.6 cm³/mol. The molecule has 0 aromatic carbocycles. The SMILES string of the molecule is CC1(CNC(=O)C2C3CCCCC32)CCCN1. The lowest BCUT2D eigenvalue weighted by molar-refractivity contribution is -0.123. The van der Waals surface area contributed by atoms with E-state index in [9.17, 15) is 4.79 Å². The minimum absolute atomic E-state index is 0.149. The monoisotopic (exact) mass is 236 g/mol. The van der Waals surface area contributed by atoms with Crippen molar-refractivity contribution in [1.29, 1.82) is 0 Å². The molecule has 17 heavy (non-hydrogen) atoms. The maximum atomic E-state index is 12.1. The summed E-state index contributed by atoms with van der Waals surface area (Å²) in [5.74, 6) is 2.15. The molecule has 0 aromatic rings. The Labute approximate surface area is 104 Å². The largest absolute Gasteiger partial charge is 0.354 e. The second-order valence-corrected chi connectivity index (χ2v) is 6.45. The summed E-state index contributed by atoms with van der Waals surface area (Å²) in [5.41, 5.74) is 0.149. The standard InChI is InChI=1S/C14H24N2O/c1-14(7-4-8-16-14)9-15-13(17)12-10-5-2-3-6-11(10)12/h10-12,16H,2-9H2,1H3,(H,15,17). The lowest BCUT2D eigenvalue weighted by atomic mass is 10.0. The summed E-state index contributed by atoms with van der Waals surface area (Å²) in [6, 6.07) is 0. The summed E-state index contributed by atoms with van der Waals surface area (Å²) in [5, 5.41) is 6.68. The first kappa shape index (κ1) is 11.5. The van der Waals surface area contributed by atoms with E-state index in [0.29, 0.717) is 11.8 Å². The molecule has 3 atom stereocenters. The van der Waals surface area contributed by atoms with Gasteiger partial charge in [0.25, 0.3) is 0 Å². The molecule has 3 nitrogen and oxygen atoms in total. The second kappa shape index (κ2) is 4.27. The number of fused-ring (bicyclic) bond motifs is 1. The minimum atomic E-state index is 0.149. The van der Waals surface area contributed by atoms with Gasteiger partial charge in [0.15, 0.2) is 0 Å². The van der Waals surface area contributed by atoms with Gasteiger partial charge in [0.2, 0.25) is 5.91 Å². The normalized spacial score (nSPS) is 44.2. The molecule has 1 amide bonds. The second-order valence-electron chi connectivity index (χ2n) is 6.45. The molecule has 2 aliphatic carbocycles. The fourth-order valence-corrected chi connectivity index (χ4v) is 3.89. The number of nitrogens with one attached hydrogen (secondary N) is 2. The Morgan fingerprint density at radius 1 is 1.29 bits per heavy atom. The lowest BCUT2D eigenvalue weighted by Gasteiger charge is -2.24. The third-order valence-electron chi connectivity index (χ3n) is 5.07. The van der Waals surface area contributed by atoms with Gasteiger partial charge in [-0.1, -0.05) is 12.8 Å². The van der Waals surface area contributed by atoms with Crippen molar-refractivity contribution in [2.45, 2.75) is 51.0 Å². The van der Waals surface area contributed by atoms with Crippen LogP contribution in [0.15, 0.2) is 0 Å². The van der Waals surface area contributed by atoms with Crippen molar-refractivity contribution in [3.05, 3.63) is 0 Å². The number of hydrogen-bond donors (Lipinski definition) is 2. The van der Waals surface area contributed by atoms with Crippen LogP contribution in [0.25, 0.3) is 0 Å². The van der Waals surface area contributed by atoms with Gasteiger partial charge in [0.1, 0.15) is 0 Å². The van der Waals surface area contributed by atoms with E-state index in [-0.39, 0.29) is 5.54 Å². The molecule has 2 N–H and O–H groups in total. The Bertz CT molecular complexity index is 297. The van der Waals surface area contributed by atoms with E-state index in [1.807, 2.05) is 0 Å². The summed E-state index contributed by atoms with van der Waals surface area (Å²) >= 11 is 0. The van der Waals surface area contributed by atoms with Gasteiger partial charge >= 0.3 is 0 Å². The number of rotatable bonds is 3. The molecule has 1 heterocycles. The first-order valence-electron chi connectivity index (χ1n) is 7.22. The van der Waals surface area contributed by atoms with Gasteiger partial charge in [0.05, 0.1) is 0 Å². The molecule has 2 saturated carbocycles. The topological polar surface area (TPSA) is 41.1 Å². The third kappa shape index (κ3) is 2.22. The van der Waals surface area contributed by atoms with Gasteiger partial charge in [-0.25, -0.2) is 0 Å². The highest BCUT2D eigenvalue weighted by Gasteiger charge is 2.54. The van der Waals surface area contributed by atoms with Crippen LogP contribution in [0.4, 0.5) is 0 Å². The molecule has 3 heteroatoms. The van der Waals surface area contributed by atoms with E-state index in [1.54, 1.807) is 0 Å². The predicted octanol–water partition coefficient (Wildman–Crippen LogP) is 1.68. The third-order valence-corrected chi connectivity index (χ3v) is 5.07. The maximum absolute atomic E-state index is 12.1. The summed E-state index contributed by atoms with van der Waals surface area (Å²) in [6.07, 6.45) is 7.68. The highest BCUT2D eigenvalue weighted by Crippen LogP contribution is 2.55. The van der Waals surface area contributed by atoms with E-state index in [0.717, 1.165) is 24.9 Å². The average Bonchev–Trinajstić information content (AvgIpc) is 2.92. The van der Waals surface area contributed by atoms with Gasteiger partial charge in [-0.2, -0.15) is 0 Å². The molecule has 0 aromatic heterocycles. The van der Waals surface area contributed by atoms with Crippen molar-refractivity contribution >= 4 is 5.91 Å². The molecule has 3 unspecified atom stereocenters. The Morgan fingerprint density at radius 3 is 2.59 bits per heavy atom. The lowest BCUT2D eigenvalue weighted by Crippen LogP contribution is -2.47. The minimum Gasteiger partial charge on any atom is -0.354 e. The van der Waals surface area contributed by atoms with Crippen LogP contribution >= 0.6 is 0 Å². The van der Waals surface area contributed by atoms with E-state index >= 15 is 0 Å². The first-order chi connectivity index (χ1) is 8.20. The molecule has 3 aliphatic rings. The first-order valence-corrected chi connectivity index (χ1v) is 7.22. The van der Waals surface area contributed by atoms with Crippen molar-refractivity contribution in [2.75, 3.05) is 13.1 Å². The van der Waals surface area contributed by atoms with Crippen LogP contribution in [-0.2, 0) is 4.79 Å². The molecular weight excluding hydrogens is 212 g/mol. The molecular formula is C14H24N2O. The van der Waals surface area contributed by atoms with Gasteiger partial charge < -0.3 is 10.6 Å². The Balaban J connectivity index is 1.48. The van der Waals surface area contributed by atoms with Crippen LogP contribution in [0.1, 0.15) is 45.4 Å². The zero-order valence-electron chi connectivity index (χ0n) is 10.8. The molecule has 3 fully saturated rings. The highest BCUT2D eigenvalue weighted by molar-refractivity contribution is 5.82. The van der Waals surface area contributed by atoms with Crippen molar-refractivity contribution in [2.24, 2.45) is 17.8 Å². The molecule has 1 aliphatic heterocycles. The molecule has 0 radical (unpaired) electrons. The zero-order chi connectivity index (χ0) is 11.9. The summed E-state index contributed by atoms with van der Waals surface area (Å²) in [7, 11) is 0.